The van der Waals surface area contributed by atoms with Gasteiger partial charge in [0.15, 0.2) is 0 Å². The summed E-state index contributed by atoms with van der Waals surface area (Å²) in [5.41, 5.74) is -0.465. The number of ether oxygens (including phenoxy) is 1. The molecular weight excluding hydrogens is 466 g/mol. The van der Waals surface area contributed by atoms with Crippen LogP contribution in [0.3, 0.4) is 0 Å². The van der Waals surface area contributed by atoms with Gasteiger partial charge in [0.2, 0.25) is 11.8 Å². The lowest BCUT2D eigenvalue weighted by Gasteiger charge is -2.12. The average Bonchev–Trinajstić information content (AvgIpc) is 2.85. The van der Waals surface area contributed by atoms with E-state index in [0.717, 1.165) is 30.3 Å². The van der Waals surface area contributed by atoms with Crippen LogP contribution in [0.4, 0.5) is 29.2 Å². The maximum absolute atomic E-state index is 14.4. The van der Waals surface area contributed by atoms with E-state index < -0.39 is 29.0 Å². The van der Waals surface area contributed by atoms with Gasteiger partial charge < -0.3 is 15.4 Å². The molecular formula is C24H17F4N5O2. The van der Waals surface area contributed by atoms with Crippen LogP contribution < -0.4 is 15.4 Å². The Balaban J connectivity index is 1.60. The fraction of sp³-hybridized carbons (Fsp3) is 0.0833. The predicted octanol–water partition coefficient (Wildman–Crippen LogP) is 5.78. The quantitative estimate of drug-likeness (QED) is 0.338. The van der Waals surface area contributed by atoms with Crippen molar-refractivity contribution in [1.82, 2.24) is 15.0 Å². The SMILES string of the molecule is CNc1nccc(-c2cccnc2Oc2ccc(F)c(C(=O)Nc3cccc(C(F)(F)F)c3)c2)n1. The third-order valence-corrected chi connectivity index (χ3v) is 4.77. The zero-order valence-corrected chi connectivity index (χ0v) is 18.1. The van der Waals surface area contributed by atoms with Crippen LogP contribution in [0.15, 0.2) is 73.1 Å². The number of hydrogen-bond donors (Lipinski definition) is 2. The molecule has 2 heterocycles. The molecule has 4 aromatic rings. The molecule has 178 valence electrons. The molecule has 0 spiro atoms. The molecule has 0 fully saturated rings. The number of carbonyl (C=O) groups is 1. The maximum atomic E-state index is 14.4. The molecule has 0 saturated heterocycles. The van der Waals surface area contributed by atoms with Gasteiger partial charge in [-0.2, -0.15) is 13.2 Å². The molecule has 0 radical (unpaired) electrons. The van der Waals surface area contributed by atoms with Gasteiger partial charge in [0, 0.05) is 25.1 Å². The molecule has 0 aliphatic heterocycles. The summed E-state index contributed by atoms with van der Waals surface area (Å²) in [4.78, 5) is 25.2. The lowest BCUT2D eigenvalue weighted by Crippen LogP contribution is -2.15. The number of anilines is 2. The van der Waals surface area contributed by atoms with Gasteiger partial charge >= 0.3 is 6.18 Å². The highest BCUT2D eigenvalue weighted by atomic mass is 19.4. The van der Waals surface area contributed by atoms with E-state index in [1.807, 2.05) is 0 Å². The third-order valence-electron chi connectivity index (χ3n) is 4.77. The molecule has 2 aromatic carbocycles. The van der Waals surface area contributed by atoms with Crippen LogP contribution >= 0.6 is 0 Å². The van der Waals surface area contributed by atoms with E-state index in [-0.39, 0.29) is 17.3 Å². The van der Waals surface area contributed by atoms with E-state index in [1.54, 1.807) is 31.4 Å². The Hall–Kier alpha value is -4.54. The minimum absolute atomic E-state index is 0.0865. The standard InChI is InChI=1S/C24H17F4N5O2/c1-29-23-31-11-9-20(33-23)17-6-3-10-30-22(17)35-16-7-8-19(25)18(13-16)21(34)32-15-5-2-4-14(12-15)24(26,27)28/h2-13H,1H3,(H,32,34)(H,29,31,33). The number of rotatable bonds is 6. The Bertz CT molecular complexity index is 1380. The zero-order chi connectivity index (χ0) is 25.0. The molecule has 2 aromatic heterocycles. The second kappa shape index (κ2) is 9.75. The number of nitrogens with one attached hydrogen (secondary N) is 2. The van der Waals surface area contributed by atoms with E-state index >= 15 is 0 Å². The van der Waals surface area contributed by atoms with Crippen molar-refractivity contribution in [1.29, 1.82) is 0 Å². The van der Waals surface area contributed by atoms with Crippen molar-refractivity contribution >= 4 is 17.5 Å². The fourth-order valence-electron chi connectivity index (χ4n) is 3.12. The molecule has 4 rings (SSSR count). The summed E-state index contributed by atoms with van der Waals surface area (Å²) >= 11 is 0. The first kappa shape index (κ1) is 23.6. The average molecular weight is 483 g/mol. The molecule has 0 aliphatic rings. The van der Waals surface area contributed by atoms with Gasteiger partial charge in [-0.25, -0.2) is 19.3 Å². The van der Waals surface area contributed by atoms with E-state index in [4.69, 9.17) is 4.74 Å². The van der Waals surface area contributed by atoms with Crippen LogP contribution in [0.1, 0.15) is 15.9 Å². The fourth-order valence-corrected chi connectivity index (χ4v) is 3.12. The molecule has 35 heavy (non-hydrogen) atoms. The number of aromatic nitrogens is 3. The second-order valence-electron chi connectivity index (χ2n) is 7.15. The van der Waals surface area contributed by atoms with E-state index in [0.29, 0.717) is 17.2 Å². The van der Waals surface area contributed by atoms with Crippen LogP contribution in [0.2, 0.25) is 0 Å². The number of benzene rings is 2. The zero-order valence-electron chi connectivity index (χ0n) is 18.1. The van der Waals surface area contributed by atoms with Crippen LogP contribution in [-0.4, -0.2) is 27.9 Å². The minimum atomic E-state index is -4.59. The number of amides is 1. The Labute approximate surface area is 196 Å². The summed E-state index contributed by atoms with van der Waals surface area (Å²) in [5, 5.41) is 5.11. The Kier molecular flexibility index (Phi) is 6.58. The van der Waals surface area contributed by atoms with Crippen LogP contribution in [0.5, 0.6) is 11.6 Å². The number of pyridine rings is 1. The summed E-state index contributed by atoms with van der Waals surface area (Å²) in [6, 6.07) is 12.5. The van der Waals surface area contributed by atoms with Crippen LogP contribution in [0, 0.1) is 5.82 Å². The van der Waals surface area contributed by atoms with E-state index in [9.17, 15) is 22.4 Å². The van der Waals surface area contributed by atoms with Crippen LogP contribution in [-0.2, 0) is 6.18 Å². The van der Waals surface area contributed by atoms with E-state index in [1.165, 1.54) is 18.3 Å². The first-order valence-electron chi connectivity index (χ1n) is 10.2. The number of alkyl halides is 3. The molecule has 0 aliphatic carbocycles. The first-order chi connectivity index (χ1) is 16.7. The highest BCUT2D eigenvalue weighted by Gasteiger charge is 2.30. The second-order valence-corrected chi connectivity index (χ2v) is 7.15. The van der Waals surface area contributed by atoms with Crippen molar-refractivity contribution in [2.45, 2.75) is 6.18 Å². The number of hydrogen-bond acceptors (Lipinski definition) is 6. The van der Waals surface area contributed by atoms with Crippen molar-refractivity contribution < 1.29 is 27.1 Å². The summed E-state index contributed by atoms with van der Waals surface area (Å²) in [6.07, 6.45) is -1.54. The van der Waals surface area contributed by atoms with E-state index in [2.05, 4.69) is 25.6 Å². The largest absolute Gasteiger partial charge is 0.438 e. The predicted molar refractivity (Wildman–Crippen MR) is 121 cm³/mol. The topological polar surface area (TPSA) is 89.0 Å². The Morgan fingerprint density at radius 3 is 2.57 bits per heavy atom. The summed E-state index contributed by atoms with van der Waals surface area (Å²) in [5.74, 6) is -1.21. The molecule has 11 heteroatoms. The van der Waals surface area contributed by atoms with Gasteiger partial charge in [-0.1, -0.05) is 6.07 Å². The third kappa shape index (κ3) is 5.52. The summed E-state index contributed by atoms with van der Waals surface area (Å²) < 4.78 is 59.1. The summed E-state index contributed by atoms with van der Waals surface area (Å²) in [6.45, 7) is 0. The monoisotopic (exact) mass is 483 g/mol. The van der Waals surface area contributed by atoms with Gasteiger partial charge in [-0.05, 0) is 54.6 Å². The minimum Gasteiger partial charge on any atom is -0.438 e. The van der Waals surface area contributed by atoms with Crippen molar-refractivity contribution in [3.8, 4) is 22.9 Å². The van der Waals surface area contributed by atoms with Crippen molar-refractivity contribution in [2.24, 2.45) is 0 Å². The number of halogens is 4. The maximum Gasteiger partial charge on any atom is 0.416 e. The molecule has 0 bridgehead atoms. The normalized spacial score (nSPS) is 11.1. The van der Waals surface area contributed by atoms with Crippen molar-refractivity contribution in [3.05, 3.63) is 90.0 Å². The molecule has 7 nitrogen and oxygen atoms in total. The molecule has 1 amide bonds. The molecule has 2 N–H and O–H groups in total. The number of carbonyl (C=O) groups excluding carboxylic acids is 1. The molecule has 0 unspecified atom stereocenters. The highest BCUT2D eigenvalue weighted by Crippen LogP contribution is 2.32. The van der Waals surface area contributed by atoms with Gasteiger partial charge in [-0.15, -0.1) is 0 Å². The first-order valence-corrected chi connectivity index (χ1v) is 10.2. The van der Waals surface area contributed by atoms with Crippen LogP contribution in [0.25, 0.3) is 11.3 Å². The van der Waals surface area contributed by atoms with Gasteiger partial charge in [-0.3, -0.25) is 4.79 Å². The Morgan fingerprint density at radius 2 is 1.80 bits per heavy atom. The molecule has 0 atom stereocenters. The smallest absolute Gasteiger partial charge is 0.416 e. The number of nitrogens with zero attached hydrogens (tertiary/aromatic N) is 3. The van der Waals surface area contributed by atoms with Crippen molar-refractivity contribution in [3.63, 3.8) is 0 Å². The van der Waals surface area contributed by atoms with Gasteiger partial charge in [0.1, 0.15) is 11.6 Å². The lowest BCUT2D eigenvalue weighted by molar-refractivity contribution is -0.137. The highest BCUT2D eigenvalue weighted by molar-refractivity contribution is 6.04. The van der Waals surface area contributed by atoms with Crippen molar-refractivity contribution in [2.75, 3.05) is 17.7 Å². The summed E-state index contributed by atoms with van der Waals surface area (Å²) in [7, 11) is 1.67. The van der Waals surface area contributed by atoms with Gasteiger partial charge in [0.05, 0.1) is 22.4 Å². The Morgan fingerprint density at radius 1 is 0.971 bits per heavy atom. The molecule has 0 saturated carbocycles. The van der Waals surface area contributed by atoms with Gasteiger partial charge in [0.25, 0.3) is 5.91 Å². The lowest BCUT2D eigenvalue weighted by atomic mass is 10.1.